The van der Waals surface area contributed by atoms with Gasteiger partial charge in [-0.3, -0.25) is 0 Å². The Kier molecular flexibility index (Phi) is 3.53. The molecule has 0 aromatic heterocycles. The summed E-state index contributed by atoms with van der Waals surface area (Å²) in [6.07, 6.45) is 3.60. The maximum atomic E-state index is 13.4. The molecular weight excluding hydrogens is 271 g/mol. The van der Waals surface area contributed by atoms with E-state index in [9.17, 15) is 4.39 Å². The van der Waals surface area contributed by atoms with Crippen molar-refractivity contribution < 1.29 is 9.13 Å². The van der Waals surface area contributed by atoms with Gasteiger partial charge in [-0.1, -0.05) is 28.4 Å². The topological polar surface area (TPSA) is 9.23 Å². The molecule has 0 spiro atoms. The monoisotopic (exact) mass is 286 g/mol. The Morgan fingerprint density at radius 1 is 1.44 bits per heavy atom. The van der Waals surface area contributed by atoms with E-state index in [2.05, 4.69) is 15.9 Å². The Morgan fingerprint density at radius 2 is 2.19 bits per heavy atom. The van der Waals surface area contributed by atoms with Gasteiger partial charge in [0.15, 0.2) is 11.6 Å². The molecule has 0 N–H and O–H groups in total. The molecule has 16 heavy (non-hydrogen) atoms. The molecule has 0 radical (unpaired) electrons. The Morgan fingerprint density at radius 3 is 2.75 bits per heavy atom. The second-order valence-corrected chi connectivity index (χ2v) is 5.27. The molecule has 0 aliphatic heterocycles. The van der Waals surface area contributed by atoms with Crippen LogP contribution in [0.15, 0.2) is 18.2 Å². The van der Waals surface area contributed by atoms with Crippen LogP contribution in [0.4, 0.5) is 4.39 Å². The molecule has 88 valence electrons. The summed E-state index contributed by atoms with van der Waals surface area (Å²) >= 11 is 3.52. The minimum Gasteiger partial charge on any atom is -0.490 e. The summed E-state index contributed by atoms with van der Waals surface area (Å²) in [7, 11) is 0. The second-order valence-electron chi connectivity index (χ2n) is 4.71. The number of alkyl halides is 1. The molecule has 0 heterocycles. The highest BCUT2D eigenvalue weighted by Gasteiger charge is 2.36. The lowest BCUT2D eigenvalue weighted by molar-refractivity contribution is 0.0813. The standard InChI is InChI=1S/C13H16BrFO/c1-10-3-4-11(15)12(7-10)16-9-13(8-14)5-2-6-13/h3-4,7H,2,5-6,8-9H2,1H3. The van der Waals surface area contributed by atoms with E-state index < -0.39 is 0 Å². The summed E-state index contributed by atoms with van der Waals surface area (Å²) in [6, 6.07) is 4.98. The molecule has 3 heteroatoms. The first kappa shape index (κ1) is 11.9. The Labute approximate surface area is 104 Å². The van der Waals surface area contributed by atoms with Crippen LogP contribution in [0.1, 0.15) is 24.8 Å². The summed E-state index contributed by atoms with van der Waals surface area (Å²) < 4.78 is 19.0. The number of halogens is 2. The fraction of sp³-hybridized carbons (Fsp3) is 0.538. The molecule has 1 aromatic rings. The zero-order valence-electron chi connectivity index (χ0n) is 9.43. The van der Waals surface area contributed by atoms with Gasteiger partial charge >= 0.3 is 0 Å². The summed E-state index contributed by atoms with van der Waals surface area (Å²) in [5.74, 6) is 0.113. The highest BCUT2D eigenvalue weighted by atomic mass is 79.9. The zero-order chi connectivity index (χ0) is 11.6. The van der Waals surface area contributed by atoms with E-state index in [0.717, 1.165) is 10.9 Å². The molecule has 1 nitrogen and oxygen atoms in total. The highest BCUT2D eigenvalue weighted by Crippen LogP contribution is 2.42. The van der Waals surface area contributed by atoms with Gasteiger partial charge in [-0.2, -0.15) is 0 Å². The summed E-state index contributed by atoms with van der Waals surface area (Å²) in [4.78, 5) is 0. The zero-order valence-corrected chi connectivity index (χ0v) is 11.0. The predicted octanol–water partition coefficient (Wildman–Crippen LogP) is 4.08. The third-order valence-electron chi connectivity index (χ3n) is 3.32. The van der Waals surface area contributed by atoms with Gasteiger partial charge in [-0.05, 0) is 37.5 Å². The molecule has 1 saturated carbocycles. The number of hydrogen-bond acceptors (Lipinski definition) is 1. The number of aryl methyl sites for hydroxylation is 1. The van der Waals surface area contributed by atoms with Gasteiger partial charge in [0.2, 0.25) is 0 Å². The molecule has 0 bridgehead atoms. The summed E-state index contributed by atoms with van der Waals surface area (Å²) in [6.45, 7) is 2.55. The van der Waals surface area contributed by atoms with Crippen molar-refractivity contribution in [2.45, 2.75) is 26.2 Å². The van der Waals surface area contributed by atoms with Crippen molar-refractivity contribution in [3.63, 3.8) is 0 Å². The number of ether oxygens (including phenoxy) is 1. The van der Waals surface area contributed by atoms with Gasteiger partial charge in [0.05, 0.1) is 6.61 Å². The van der Waals surface area contributed by atoms with Crippen molar-refractivity contribution in [3.8, 4) is 5.75 Å². The molecule has 0 saturated heterocycles. The van der Waals surface area contributed by atoms with Crippen molar-refractivity contribution in [3.05, 3.63) is 29.6 Å². The van der Waals surface area contributed by atoms with Gasteiger partial charge in [-0.15, -0.1) is 0 Å². The molecule has 1 aliphatic carbocycles. The van der Waals surface area contributed by atoms with E-state index in [4.69, 9.17) is 4.74 Å². The van der Waals surface area contributed by atoms with E-state index >= 15 is 0 Å². The van der Waals surface area contributed by atoms with Crippen LogP contribution in [0.25, 0.3) is 0 Å². The average Bonchev–Trinajstić information content (AvgIpc) is 2.22. The van der Waals surface area contributed by atoms with E-state index in [-0.39, 0.29) is 11.2 Å². The average molecular weight is 287 g/mol. The Bertz CT molecular complexity index is 369. The third kappa shape index (κ3) is 2.40. The predicted molar refractivity (Wildman–Crippen MR) is 66.7 cm³/mol. The lowest BCUT2D eigenvalue weighted by atomic mass is 9.71. The molecule has 1 aromatic carbocycles. The molecule has 0 amide bonds. The van der Waals surface area contributed by atoms with Crippen LogP contribution in [0, 0.1) is 18.2 Å². The van der Waals surface area contributed by atoms with E-state index in [1.54, 1.807) is 12.1 Å². The molecule has 0 atom stereocenters. The van der Waals surface area contributed by atoms with Crippen molar-refractivity contribution in [1.82, 2.24) is 0 Å². The molecule has 1 aliphatic rings. The Balaban J connectivity index is 2.01. The van der Waals surface area contributed by atoms with Crippen molar-refractivity contribution in [2.24, 2.45) is 5.41 Å². The molecule has 2 rings (SSSR count). The number of benzene rings is 1. The summed E-state index contributed by atoms with van der Waals surface area (Å²) in [5, 5.41) is 0.938. The van der Waals surface area contributed by atoms with Crippen molar-refractivity contribution in [1.29, 1.82) is 0 Å². The first-order valence-electron chi connectivity index (χ1n) is 5.60. The summed E-state index contributed by atoms with van der Waals surface area (Å²) in [5.41, 5.74) is 1.26. The lowest BCUT2D eigenvalue weighted by Crippen LogP contribution is -2.37. The van der Waals surface area contributed by atoms with Crippen LogP contribution in [0.3, 0.4) is 0 Å². The van der Waals surface area contributed by atoms with Gasteiger partial charge < -0.3 is 4.74 Å². The normalized spacial score (nSPS) is 17.9. The SMILES string of the molecule is Cc1ccc(F)c(OCC2(CBr)CCC2)c1. The number of rotatable bonds is 4. The van der Waals surface area contributed by atoms with E-state index in [0.29, 0.717) is 12.4 Å². The second kappa shape index (κ2) is 4.74. The van der Waals surface area contributed by atoms with Crippen LogP contribution in [-0.4, -0.2) is 11.9 Å². The van der Waals surface area contributed by atoms with E-state index in [1.165, 1.54) is 25.3 Å². The fourth-order valence-corrected chi connectivity index (χ4v) is 2.67. The van der Waals surface area contributed by atoms with Crippen LogP contribution >= 0.6 is 15.9 Å². The maximum absolute atomic E-state index is 13.4. The van der Waals surface area contributed by atoms with Crippen LogP contribution < -0.4 is 4.74 Å². The number of hydrogen-bond donors (Lipinski definition) is 0. The quantitative estimate of drug-likeness (QED) is 0.758. The Hall–Kier alpha value is -0.570. The van der Waals surface area contributed by atoms with Gasteiger partial charge in [0.1, 0.15) is 0 Å². The van der Waals surface area contributed by atoms with Crippen LogP contribution in [0.2, 0.25) is 0 Å². The van der Waals surface area contributed by atoms with Gasteiger partial charge in [0.25, 0.3) is 0 Å². The molecule has 0 unspecified atom stereocenters. The lowest BCUT2D eigenvalue weighted by Gasteiger charge is -2.39. The minimum atomic E-state index is -0.269. The van der Waals surface area contributed by atoms with Gasteiger partial charge in [-0.25, -0.2) is 4.39 Å². The van der Waals surface area contributed by atoms with Crippen LogP contribution in [0.5, 0.6) is 5.75 Å². The van der Waals surface area contributed by atoms with E-state index in [1.807, 2.05) is 6.92 Å². The fourth-order valence-electron chi connectivity index (χ4n) is 1.95. The molecule has 1 fully saturated rings. The third-order valence-corrected chi connectivity index (χ3v) is 4.51. The largest absolute Gasteiger partial charge is 0.490 e. The van der Waals surface area contributed by atoms with Crippen LogP contribution in [-0.2, 0) is 0 Å². The smallest absolute Gasteiger partial charge is 0.165 e. The van der Waals surface area contributed by atoms with Gasteiger partial charge in [0, 0.05) is 10.7 Å². The first-order valence-corrected chi connectivity index (χ1v) is 6.72. The van der Waals surface area contributed by atoms with Crippen molar-refractivity contribution >= 4 is 15.9 Å². The maximum Gasteiger partial charge on any atom is 0.165 e. The molecular formula is C13H16BrFO. The minimum absolute atomic E-state index is 0.232. The highest BCUT2D eigenvalue weighted by molar-refractivity contribution is 9.09. The van der Waals surface area contributed by atoms with Crippen molar-refractivity contribution in [2.75, 3.05) is 11.9 Å². The first-order chi connectivity index (χ1) is 7.65.